The maximum absolute atomic E-state index is 14.3. The molecule has 3 aromatic rings. The minimum absolute atomic E-state index is 0.142. The van der Waals surface area contributed by atoms with E-state index in [1.54, 1.807) is 58.1 Å². The average molecular weight is 648 g/mol. The van der Waals surface area contributed by atoms with E-state index in [4.69, 9.17) is 23.2 Å². The van der Waals surface area contributed by atoms with Gasteiger partial charge in [0.2, 0.25) is 15.9 Å². The van der Waals surface area contributed by atoms with E-state index in [-0.39, 0.29) is 28.9 Å². The molecule has 0 unspecified atom stereocenters. The Labute approximate surface area is 260 Å². The van der Waals surface area contributed by atoms with E-state index in [0.717, 1.165) is 19.1 Å². The number of rotatable bonds is 9. The van der Waals surface area contributed by atoms with Crippen molar-refractivity contribution in [1.29, 1.82) is 0 Å². The molecule has 1 fully saturated rings. The topological polar surface area (TPSA) is 138 Å². The first-order chi connectivity index (χ1) is 20.4. The van der Waals surface area contributed by atoms with Gasteiger partial charge in [-0.2, -0.15) is 0 Å². The van der Waals surface area contributed by atoms with Crippen molar-refractivity contribution < 1.29 is 27.9 Å². The molecule has 0 spiro atoms. The molecule has 0 saturated heterocycles. The molecule has 1 saturated carbocycles. The minimum atomic E-state index is -3.59. The van der Waals surface area contributed by atoms with E-state index in [1.807, 2.05) is 0 Å². The van der Waals surface area contributed by atoms with Gasteiger partial charge < -0.3 is 19.9 Å². The average Bonchev–Trinajstić information content (AvgIpc) is 3.42. The summed E-state index contributed by atoms with van der Waals surface area (Å²) in [5, 5.41) is 12.9. The van der Waals surface area contributed by atoms with Gasteiger partial charge >= 0.3 is 5.97 Å². The molecule has 3 N–H and O–H groups in total. The normalized spacial score (nSPS) is 22.2. The van der Waals surface area contributed by atoms with Crippen LogP contribution in [0.3, 0.4) is 0 Å². The third-order valence-corrected chi connectivity index (χ3v) is 9.35. The van der Waals surface area contributed by atoms with E-state index in [9.17, 15) is 27.9 Å². The minimum Gasteiger partial charge on any atom is -0.478 e. The monoisotopic (exact) mass is 646 g/mol. The second-order valence-electron chi connectivity index (χ2n) is 11.0. The Hall–Kier alpha value is -3.38. The molecule has 0 bridgehead atoms. The number of halogens is 2. The van der Waals surface area contributed by atoms with Crippen LogP contribution in [-0.4, -0.2) is 65.7 Å². The Morgan fingerprint density at radius 1 is 1.05 bits per heavy atom. The first-order valence-corrected chi connectivity index (χ1v) is 16.6. The van der Waals surface area contributed by atoms with Crippen LogP contribution in [0.4, 0.5) is 0 Å². The van der Waals surface area contributed by atoms with Crippen molar-refractivity contribution in [2.45, 2.75) is 56.3 Å². The summed E-state index contributed by atoms with van der Waals surface area (Å²) in [4.78, 5) is 41.4. The largest absolute Gasteiger partial charge is 0.478 e. The fraction of sp³-hybridized carbons (Fsp3) is 0.367. The molecule has 43 heavy (non-hydrogen) atoms. The first-order valence-electron chi connectivity index (χ1n) is 13.9. The van der Waals surface area contributed by atoms with Crippen molar-refractivity contribution in [3.63, 3.8) is 0 Å². The van der Waals surface area contributed by atoms with Crippen molar-refractivity contribution in [3.8, 4) is 0 Å². The Morgan fingerprint density at radius 2 is 1.79 bits per heavy atom. The van der Waals surface area contributed by atoms with Crippen LogP contribution in [0, 0.1) is 0 Å². The summed E-state index contributed by atoms with van der Waals surface area (Å²) < 4.78 is 29.1. The van der Waals surface area contributed by atoms with Gasteiger partial charge in [0.1, 0.15) is 0 Å². The number of benzene rings is 2. The van der Waals surface area contributed by atoms with Gasteiger partial charge in [-0.3, -0.25) is 9.59 Å². The molecule has 2 aliphatic rings. The maximum atomic E-state index is 14.3. The fourth-order valence-corrected chi connectivity index (χ4v) is 7.60. The van der Waals surface area contributed by atoms with Gasteiger partial charge in [0, 0.05) is 53.2 Å². The smallest absolute Gasteiger partial charge is 0.337 e. The van der Waals surface area contributed by atoms with Gasteiger partial charge in [-0.25, -0.2) is 17.9 Å². The highest BCUT2D eigenvalue weighted by Crippen LogP contribution is 2.47. The van der Waals surface area contributed by atoms with E-state index >= 15 is 0 Å². The number of aromatic carboxylic acids is 1. The molecule has 2 aromatic carbocycles. The molecule has 10 nitrogen and oxygen atoms in total. The van der Waals surface area contributed by atoms with Gasteiger partial charge in [-0.1, -0.05) is 60.3 Å². The molecule has 2 heterocycles. The number of aromatic nitrogens is 1. The number of nitrogens with one attached hydrogen (secondary N) is 2. The lowest BCUT2D eigenvalue weighted by atomic mass is 9.76. The molecule has 0 radical (unpaired) electrons. The van der Waals surface area contributed by atoms with Gasteiger partial charge in [0.05, 0.1) is 23.8 Å². The van der Waals surface area contributed by atoms with Crippen LogP contribution >= 0.6 is 23.2 Å². The van der Waals surface area contributed by atoms with E-state index in [1.165, 1.54) is 12.3 Å². The molecule has 2 amide bonds. The Bertz CT molecular complexity index is 1660. The lowest BCUT2D eigenvalue weighted by Gasteiger charge is -2.49. The summed E-state index contributed by atoms with van der Waals surface area (Å²) >= 11 is 13.0. The van der Waals surface area contributed by atoms with Crippen LogP contribution in [0.1, 0.15) is 69.5 Å². The van der Waals surface area contributed by atoms with Crippen molar-refractivity contribution in [1.82, 2.24) is 19.5 Å². The molecule has 1 aliphatic carbocycles. The molecule has 228 valence electrons. The second-order valence-corrected chi connectivity index (χ2v) is 13.6. The summed E-state index contributed by atoms with van der Waals surface area (Å²) in [5.74, 6) is -2.58. The fourth-order valence-electron chi connectivity index (χ4n) is 6.25. The molecule has 13 heteroatoms. The standard InChI is InChI=1S/C30H32Cl2N4O6S/c1-43(41,42)34-24-8-4-5-9-25(24)36-27(22-11-10-19(31)16-23(22)32)26(20-6-2-3-7-21(20)29(36)38)28(37)33-13-15-35-14-12-18(17-35)30(39)40/h2-3,6-7,10-12,14,16-17,24-27,34H,4-5,8-9,13,15H2,1H3,(H,33,37)(H,39,40)/t24-,25-,26+,27-/m0/s1. The summed E-state index contributed by atoms with van der Waals surface area (Å²) in [6.45, 7) is 0.521. The number of hydrogen-bond donors (Lipinski definition) is 3. The van der Waals surface area contributed by atoms with Gasteiger partial charge in [-0.05, 0) is 48.2 Å². The highest BCUT2D eigenvalue weighted by atomic mass is 35.5. The molecule has 1 aliphatic heterocycles. The third kappa shape index (κ3) is 6.75. The lowest BCUT2D eigenvalue weighted by Crippen LogP contribution is -2.59. The number of carbonyl (C=O) groups excluding carboxylic acids is 2. The summed E-state index contributed by atoms with van der Waals surface area (Å²) in [7, 11) is -3.59. The molecule has 1 aromatic heterocycles. The zero-order chi connectivity index (χ0) is 30.9. The maximum Gasteiger partial charge on any atom is 0.337 e. The molecule has 4 atom stereocenters. The third-order valence-electron chi connectivity index (χ3n) is 8.06. The van der Waals surface area contributed by atoms with Gasteiger partial charge in [0.15, 0.2) is 0 Å². The first kappa shape index (κ1) is 31.1. The highest BCUT2D eigenvalue weighted by molar-refractivity contribution is 7.88. The van der Waals surface area contributed by atoms with Crippen LogP contribution in [0.15, 0.2) is 60.9 Å². The summed E-state index contributed by atoms with van der Waals surface area (Å²) in [6, 6.07) is 11.4. The zero-order valence-electron chi connectivity index (χ0n) is 23.4. The number of carbonyl (C=O) groups is 3. The SMILES string of the molecule is CS(=O)(=O)N[C@H]1CCCC[C@@H]1N1C(=O)c2ccccc2[C@@H](C(=O)NCCn2ccc(C(=O)O)c2)[C@@H]1c1ccc(Cl)cc1Cl. The number of hydrogen-bond acceptors (Lipinski definition) is 5. The van der Waals surface area contributed by atoms with E-state index in [2.05, 4.69) is 10.0 Å². The van der Waals surface area contributed by atoms with Crippen molar-refractivity contribution >= 4 is 51.0 Å². The van der Waals surface area contributed by atoms with Gasteiger partial charge in [-0.15, -0.1) is 0 Å². The van der Waals surface area contributed by atoms with Crippen LogP contribution in [0.2, 0.25) is 10.0 Å². The predicted octanol–water partition coefficient (Wildman–Crippen LogP) is 4.45. The van der Waals surface area contributed by atoms with Gasteiger partial charge in [0.25, 0.3) is 5.91 Å². The number of amides is 2. The molecule has 5 rings (SSSR count). The molecular formula is C30H32Cl2N4O6S. The quantitative estimate of drug-likeness (QED) is 0.314. The second kappa shape index (κ2) is 12.7. The van der Waals surface area contributed by atoms with Crippen LogP contribution in [0.5, 0.6) is 0 Å². The lowest BCUT2D eigenvalue weighted by molar-refractivity contribution is -0.124. The number of carboxylic acid groups (broad SMARTS) is 1. The van der Waals surface area contributed by atoms with Crippen LogP contribution in [0.25, 0.3) is 0 Å². The van der Waals surface area contributed by atoms with Crippen molar-refractivity contribution in [3.05, 3.63) is 93.2 Å². The summed E-state index contributed by atoms with van der Waals surface area (Å²) in [6.07, 6.45) is 6.86. The van der Waals surface area contributed by atoms with E-state index in [0.29, 0.717) is 41.1 Å². The van der Waals surface area contributed by atoms with Crippen LogP contribution in [-0.2, 0) is 21.4 Å². The Balaban J connectivity index is 1.57. The van der Waals surface area contributed by atoms with Crippen molar-refractivity contribution in [2.24, 2.45) is 0 Å². The predicted molar refractivity (Wildman–Crippen MR) is 163 cm³/mol. The van der Waals surface area contributed by atoms with Crippen LogP contribution < -0.4 is 10.0 Å². The number of fused-ring (bicyclic) bond motifs is 1. The molecular weight excluding hydrogens is 615 g/mol. The summed E-state index contributed by atoms with van der Waals surface area (Å²) in [5.41, 5.74) is 1.57. The van der Waals surface area contributed by atoms with Crippen molar-refractivity contribution in [2.75, 3.05) is 12.8 Å². The van der Waals surface area contributed by atoms with E-state index < -0.39 is 40.0 Å². The Kier molecular flexibility index (Phi) is 9.17. The zero-order valence-corrected chi connectivity index (χ0v) is 25.7. The number of sulfonamides is 1. The Morgan fingerprint density at radius 3 is 2.49 bits per heavy atom. The number of nitrogens with zero attached hydrogens (tertiary/aromatic N) is 2. The number of carboxylic acids is 1. The highest BCUT2D eigenvalue weighted by Gasteiger charge is 2.49.